The predicted octanol–water partition coefficient (Wildman–Crippen LogP) is 5.55. The van der Waals surface area contributed by atoms with Crippen LogP contribution in [-0.2, 0) is 14.3 Å². The van der Waals surface area contributed by atoms with E-state index in [9.17, 15) is 4.79 Å². The topological polar surface area (TPSA) is 76.0 Å². The van der Waals surface area contributed by atoms with Crippen molar-refractivity contribution in [2.24, 2.45) is 0 Å². The van der Waals surface area contributed by atoms with E-state index in [2.05, 4.69) is 6.92 Å². The summed E-state index contributed by atoms with van der Waals surface area (Å²) in [6, 6.07) is 0. The van der Waals surface area contributed by atoms with Crippen molar-refractivity contribution in [3.8, 4) is 0 Å². The molecule has 0 saturated heterocycles. The molecule has 0 rings (SSSR count). The lowest BCUT2D eigenvalue weighted by atomic mass is 10.0. The first-order chi connectivity index (χ1) is 14.2. The lowest BCUT2D eigenvalue weighted by Crippen LogP contribution is -2.20. The smallest absolute Gasteiger partial charge is 0.305 e. The quantitative estimate of drug-likeness (QED) is 0.169. The molecule has 0 aromatic rings. The van der Waals surface area contributed by atoms with Crippen molar-refractivity contribution >= 4 is 5.97 Å². The Morgan fingerprint density at radius 2 is 1.21 bits per heavy atom. The van der Waals surface area contributed by atoms with Crippen molar-refractivity contribution in [1.82, 2.24) is 0 Å². The largest absolute Gasteiger partial charge is 0.466 e. The van der Waals surface area contributed by atoms with E-state index in [0.717, 1.165) is 12.8 Å². The van der Waals surface area contributed by atoms with Gasteiger partial charge in [0.1, 0.15) is 6.10 Å². The fourth-order valence-electron chi connectivity index (χ4n) is 3.33. The van der Waals surface area contributed by atoms with Crippen molar-refractivity contribution in [2.75, 3.05) is 26.4 Å². The highest BCUT2D eigenvalue weighted by atomic mass is 16.5. The number of esters is 1. The number of ether oxygens (including phenoxy) is 2. The van der Waals surface area contributed by atoms with Crippen molar-refractivity contribution < 1.29 is 24.5 Å². The van der Waals surface area contributed by atoms with Crippen LogP contribution in [0.15, 0.2) is 0 Å². The molecule has 174 valence electrons. The molecular weight excluding hydrogens is 368 g/mol. The minimum absolute atomic E-state index is 0.115. The second-order valence-corrected chi connectivity index (χ2v) is 8.19. The molecule has 0 aliphatic rings. The number of hydrogen-bond donors (Lipinski definition) is 2. The summed E-state index contributed by atoms with van der Waals surface area (Å²) in [5, 5.41) is 17.7. The summed E-state index contributed by atoms with van der Waals surface area (Å²) >= 11 is 0. The zero-order chi connectivity index (χ0) is 21.4. The van der Waals surface area contributed by atoms with Gasteiger partial charge in [-0.25, -0.2) is 0 Å². The number of carbonyl (C=O) groups is 1. The number of unbranched alkanes of at least 4 members (excludes halogenated alkanes) is 14. The highest BCUT2D eigenvalue weighted by Gasteiger charge is 2.04. The van der Waals surface area contributed by atoms with Gasteiger partial charge in [-0.2, -0.15) is 0 Å². The third kappa shape index (κ3) is 23.5. The number of carbonyl (C=O) groups excluding carboxylic acids is 1. The molecule has 1 atom stereocenters. The minimum Gasteiger partial charge on any atom is -0.466 e. The molecule has 1 unspecified atom stereocenters. The Morgan fingerprint density at radius 3 is 1.69 bits per heavy atom. The van der Waals surface area contributed by atoms with E-state index < -0.39 is 6.10 Å². The molecule has 0 saturated carbocycles. The van der Waals surface area contributed by atoms with Gasteiger partial charge in [-0.15, -0.1) is 0 Å². The van der Waals surface area contributed by atoms with Gasteiger partial charge in [-0.05, 0) is 6.42 Å². The van der Waals surface area contributed by atoms with Gasteiger partial charge in [0.2, 0.25) is 0 Å². The van der Waals surface area contributed by atoms with Crippen LogP contribution in [0.1, 0.15) is 116 Å². The lowest BCUT2D eigenvalue weighted by molar-refractivity contribution is -0.144. The van der Waals surface area contributed by atoms with Gasteiger partial charge in [0.05, 0.1) is 19.8 Å². The lowest BCUT2D eigenvalue weighted by Gasteiger charge is -2.08. The Kier molecular flexibility index (Phi) is 23.1. The second-order valence-electron chi connectivity index (χ2n) is 8.19. The summed E-state index contributed by atoms with van der Waals surface area (Å²) in [5.74, 6) is -0.130. The molecule has 29 heavy (non-hydrogen) atoms. The van der Waals surface area contributed by atoms with E-state index in [0.29, 0.717) is 26.1 Å². The number of aliphatic hydroxyl groups is 2. The molecule has 0 aliphatic heterocycles. The van der Waals surface area contributed by atoms with E-state index in [1.165, 1.54) is 83.5 Å². The summed E-state index contributed by atoms with van der Waals surface area (Å²) in [6.07, 6.45) is 20.1. The van der Waals surface area contributed by atoms with Crippen LogP contribution >= 0.6 is 0 Å². The van der Waals surface area contributed by atoms with Gasteiger partial charge in [0.15, 0.2) is 0 Å². The summed E-state index contributed by atoms with van der Waals surface area (Å²) in [6.45, 7) is 2.86. The minimum atomic E-state index is -0.831. The molecule has 5 nitrogen and oxygen atoms in total. The first-order valence-corrected chi connectivity index (χ1v) is 12.2. The Hall–Kier alpha value is -0.650. The van der Waals surface area contributed by atoms with Gasteiger partial charge in [0, 0.05) is 19.4 Å². The van der Waals surface area contributed by atoms with Crippen LogP contribution in [0.25, 0.3) is 0 Å². The molecule has 0 amide bonds. The van der Waals surface area contributed by atoms with E-state index in [4.69, 9.17) is 19.7 Å². The third-order valence-corrected chi connectivity index (χ3v) is 5.20. The Morgan fingerprint density at radius 1 is 0.724 bits per heavy atom. The molecule has 0 heterocycles. The van der Waals surface area contributed by atoms with Crippen LogP contribution < -0.4 is 0 Å². The van der Waals surface area contributed by atoms with E-state index in [1.54, 1.807) is 0 Å². The van der Waals surface area contributed by atoms with E-state index in [-0.39, 0.29) is 19.2 Å². The van der Waals surface area contributed by atoms with Crippen LogP contribution in [0.4, 0.5) is 0 Å². The monoisotopic (exact) mass is 416 g/mol. The standard InChI is InChI=1S/C24H48O5/c1-2-3-4-5-6-7-8-9-10-11-12-13-14-15-16-18-24(27)29-20-17-19-28-22-23(26)21-25/h23,25-26H,2-22H2,1H3. The molecule has 0 radical (unpaired) electrons. The molecule has 0 bridgehead atoms. The SMILES string of the molecule is CCCCCCCCCCCCCCCCCC(=O)OCCCOCC(O)CO. The van der Waals surface area contributed by atoms with Crippen molar-refractivity contribution in [3.63, 3.8) is 0 Å². The third-order valence-electron chi connectivity index (χ3n) is 5.20. The first-order valence-electron chi connectivity index (χ1n) is 12.2. The maximum atomic E-state index is 11.6. The zero-order valence-electron chi connectivity index (χ0n) is 19.0. The highest BCUT2D eigenvalue weighted by Crippen LogP contribution is 2.13. The maximum absolute atomic E-state index is 11.6. The van der Waals surface area contributed by atoms with Crippen molar-refractivity contribution in [1.29, 1.82) is 0 Å². The van der Waals surface area contributed by atoms with Gasteiger partial charge >= 0.3 is 5.97 Å². The number of hydrogen-bond acceptors (Lipinski definition) is 5. The Bertz CT molecular complexity index is 335. The molecule has 0 aromatic carbocycles. The van der Waals surface area contributed by atoms with Crippen LogP contribution in [0.5, 0.6) is 0 Å². The fraction of sp³-hybridized carbons (Fsp3) is 0.958. The zero-order valence-corrected chi connectivity index (χ0v) is 19.0. The molecule has 0 spiro atoms. The van der Waals surface area contributed by atoms with Gasteiger partial charge in [-0.1, -0.05) is 96.8 Å². The van der Waals surface area contributed by atoms with E-state index >= 15 is 0 Å². The van der Waals surface area contributed by atoms with E-state index in [1.807, 2.05) is 0 Å². The van der Waals surface area contributed by atoms with Crippen molar-refractivity contribution in [3.05, 3.63) is 0 Å². The van der Waals surface area contributed by atoms with Gasteiger partial charge < -0.3 is 19.7 Å². The molecule has 0 aliphatic carbocycles. The maximum Gasteiger partial charge on any atom is 0.305 e. The van der Waals surface area contributed by atoms with Gasteiger partial charge in [0.25, 0.3) is 0 Å². The number of aliphatic hydroxyl groups excluding tert-OH is 2. The normalized spacial score (nSPS) is 12.2. The highest BCUT2D eigenvalue weighted by molar-refractivity contribution is 5.69. The summed E-state index contributed by atoms with van der Waals surface area (Å²) in [4.78, 5) is 11.6. The predicted molar refractivity (Wildman–Crippen MR) is 119 cm³/mol. The first kappa shape index (κ1) is 28.4. The molecule has 0 fully saturated rings. The fourth-order valence-corrected chi connectivity index (χ4v) is 3.33. The van der Waals surface area contributed by atoms with Crippen LogP contribution in [-0.4, -0.2) is 48.7 Å². The summed E-state index contributed by atoms with van der Waals surface area (Å²) in [5.41, 5.74) is 0. The molecule has 0 aromatic heterocycles. The van der Waals surface area contributed by atoms with Crippen molar-refractivity contribution in [2.45, 2.75) is 122 Å². The number of rotatable bonds is 23. The summed E-state index contributed by atoms with van der Waals surface area (Å²) < 4.78 is 10.3. The van der Waals surface area contributed by atoms with Crippen LogP contribution in [0.3, 0.4) is 0 Å². The molecule has 2 N–H and O–H groups in total. The second kappa shape index (κ2) is 23.6. The molecular formula is C24H48O5. The van der Waals surface area contributed by atoms with Crippen LogP contribution in [0, 0.1) is 0 Å². The van der Waals surface area contributed by atoms with Gasteiger partial charge in [-0.3, -0.25) is 4.79 Å². The Labute approximate surface area is 179 Å². The average molecular weight is 417 g/mol. The van der Waals surface area contributed by atoms with Crippen LogP contribution in [0.2, 0.25) is 0 Å². The summed E-state index contributed by atoms with van der Waals surface area (Å²) in [7, 11) is 0. The molecule has 5 heteroatoms. The average Bonchev–Trinajstić information content (AvgIpc) is 2.73. The Balaban J connectivity index is 3.16.